The number of halogens is 6. The third kappa shape index (κ3) is 3.98. The van der Waals surface area contributed by atoms with Crippen molar-refractivity contribution in [2.24, 2.45) is 0 Å². The molecule has 1 aromatic heterocycles. The lowest BCUT2D eigenvalue weighted by molar-refractivity contribution is -0.392. The van der Waals surface area contributed by atoms with Gasteiger partial charge in [0.25, 0.3) is 0 Å². The van der Waals surface area contributed by atoms with Gasteiger partial charge in [-0.25, -0.2) is 8.96 Å². The summed E-state index contributed by atoms with van der Waals surface area (Å²) in [6.45, 7) is -2.00. The van der Waals surface area contributed by atoms with Crippen LogP contribution in [0.15, 0.2) is 12.1 Å². The summed E-state index contributed by atoms with van der Waals surface area (Å²) < 4.78 is 74.4. The van der Waals surface area contributed by atoms with Crippen LogP contribution in [0.2, 0.25) is 0 Å². The van der Waals surface area contributed by atoms with Gasteiger partial charge in [0.05, 0.1) is 0 Å². The molecule has 0 saturated carbocycles. The van der Waals surface area contributed by atoms with Gasteiger partial charge in [-0.05, 0) is 11.0 Å². The summed E-state index contributed by atoms with van der Waals surface area (Å²) in [7, 11) is 0. The van der Waals surface area contributed by atoms with Crippen molar-refractivity contribution in [3.8, 4) is 0 Å². The van der Waals surface area contributed by atoms with E-state index in [4.69, 9.17) is 0 Å². The van der Waals surface area contributed by atoms with Crippen LogP contribution in [0, 0.1) is 10.1 Å². The zero-order valence-corrected chi connectivity index (χ0v) is 10.9. The highest BCUT2D eigenvalue weighted by atomic mass is 19.4. The monoisotopic (exact) mass is 332 g/mol. The van der Waals surface area contributed by atoms with Crippen LogP contribution in [0.5, 0.6) is 0 Å². The van der Waals surface area contributed by atoms with Crippen molar-refractivity contribution in [3.05, 3.63) is 27.9 Å². The van der Waals surface area contributed by atoms with Crippen LogP contribution in [-0.2, 0) is 18.0 Å². The number of alkyl halides is 6. The highest BCUT2D eigenvalue weighted by molar-refractivity contribution is 5.78. The summed E-state index contributed by atoms with van der Waals surface area (Å²) in [6.07, 6.45) is -8.69. The van der Waals surface area contributed by atoms with Crippen LogP contribution in [0.4, 0.5) is 32.2 Å². The number of aromatic nitrogens is 1. The first-order valence-corrected chi connectivity index (χ1v) is 5.84. The lowest BCUT2D eigenvalue weighted by Gasteiger charge is -2.18. The zero-order chi connectivity index (χ0) is 17.1. The molecule has 1 rings (SSSR count). The number of ketones is 1. The number of nitrogens with zero attached hydrogens (tertiary/aromatic N) is 2. The largest absolute Gasteiger partial charge is 0.453 e. The second-order valence-electron chi connectivity index (χ2n) is 4.40. The van der Waals surface area contributed by atoms with E-state index in [1.165, 1.54) is 0 Å². The summed E-state index contributed by atoms with van der Waals surface area (Å²) in [5.74, 6) is -6.78. The van der Waals surface area contributed by atoms with Crippen LogP contribution in [-0.4, -0.2) is 27.4 Å². The third-order valence-electron chi connectivity index (χ3n) is 2.84. The Hall–Kier alpha value is -2.07. The molecule has 124 valence electrons. The maximum Gasteiger partial charge on any atom is 0.453 e. The summed E-state index contributed by atoms with van der Waals surface area (Å²) in [5, 5.41) is 10.7. The van der Waals surface area contributed by atoms with Crippen molar-refractivity contribution in [1.29, 1.82) is 0 Å². The van der Waals surface area contributed by atoms with Gasteiger partial charge in [0.1, 0.15) is 12.2 Å². The minimum atomic E-state index is -5.78. The van der Waals surface area contributed by atoms with Crippen molar-refractivity contribution >= 4 is 11.6 Å². The predicted octanol–water partition coefficient (Wildman–Crippen LogP) is 3.41. The molecule has 0 fully saturated rings. The molecular weight excluding hydrogens is 322 g/mol. The second-order valence-corrected chi connectivity index (χ2v) is 4.40. The van der Waals surface area contributed by atoms with Gasteiger partial charge in [0, 0.05) is 18.9 Å². The van der Waals surface area contributed by atoms with E-state index >= 15 is 0 Å². The number of hydrogen-bond acceptors (Lipinski definition) is 3. The first kappa shape index (κ1) is 18.0. The van der Waals surface area contributed by atoms with Gasteiger partial charge in [-0.1, -0.05) is 0 Å². The SMILES string of the molecule is O=C(CCC(F)(F)C(F)(F)F)Cn1c(CF)ccc1[N+](=O)[O-]. The van der Waals surface area contributed by atoms with Gasteiger partial charge in [-0.3, -0.25) is 4.79 Å². The first-order valence-electron chi connectivity index (χ1n) is 5.84. The Morgan fingerprint density at radius 1 is 1.23 bits per heavy atom. The Balaban J connectivity index is 2.78. The smallest absolute Gasteiger partial charge is 0.358 e. The molecule has 22 heavy (non-hydrogen) atoms. The number of nitro groups is 1. The zero-order valence-electron chi connectivity index (χ0n) is 10.9. The topological polar surface area (TPSA) is 65.1 Å². The molecule has 0 aliphatic rings. The van der Waals surface area contributed by atoms with E-state index in [-0.39, 0.29) is 5.69 Å². The Bertz CT molecular complexity index is 567. The molecule has 0 aliphatic heterocycles. The van der Waals surface area contributed by atoms with E-state index in [0.29, 0.717) is 4.57 Å². The lowest BCUT2D eigenvalue weighted by Crippen LogP contribution is -2.36. The fourth-order valence-corrected chi connectivity index (χ4v) is 1.65. The summed E-state index contributed by atoms with van der Waals surface area (Å²) >= 11 is 0. The van der Waals surface area contributed by atoms with Crippen LogP contribution in [0.25, 0.3) is 0 Å². The summed E-state index contributed by atoms with van der Waals surface area (Å²) in [5.41, 5.74) is -0.248. The minimum Gasteiger partial charge on any atom is -0.358 e. The molecule has 1 heterocycles. The average molecular weight is 332 g/mol. The van der Waals surface area contributed by atoms with Gasteiger partial charge >= 0.3 is 17.9 Å². The minimum absolute atomic E-state index is 0.248. The van der Waals surface area contributed by atoms with Crippen molar-refractivity contribution in [1.82, 2.24) is 4.57 Å². The Morgan fingerprint density at radius 2 is 1.82 bits per heavy atom. The molecule has 0 radical (unpaired) electrons. The third-order valence-corrected chi connectivity index (χ3v) is 2.84. The molecule has 0 spiro atoms. The Kier molecular flexibility index (Phi) is 5.20. The normalized spacial score (nSPS) is 12.5. The van der Waals surface area contributed by atoms with E-state index < -0.39 is 54.7 Å². The van der Waals surface area contributed by atoms with Gasteiger partial charge < -0.3 is 10.1 Å². The van der Waals surface area contributed by atoms with E-state index in [2.05, 4.69) is 0 Å². The van der Waals surface area contributed by atoms with Crippen molar-refractivity contribution < 1.29 is 36.1 Å². The first-order chi connectivity index (χ1) is 9.99. The van der Waals surface area contributed by atoms with E-state index in [0.717, 1.165) is 12.1 Å². The van der Waals surface area contributed by atoms with Crippen molar-refractivity contribution in [2.45, 2.75) is 38.2 Å². The van der Waals surface area contributed by atoms with Crippen molar-refractivity contribution in [3.63, 3.8) is 0 Å². The van der Waals surface area contributed by atoms with E-state index in [1.54, 1.807) is 0 Å². The van der Waals surface area contributed by atoms with Gasteiger partial charge in [0.2, 0.25) is 0 Å². The highest BCUT2D eigenvalue weighted by Crippen LogP contribution is 2.38. The molecule has 1 aromatic rings. The molecule has 5 nitrogen and oxygen atoms in total. The quantitative estimate of drug-likeness (QED) is 0.437. The molecule has 0 N–H and O–H groups in total. The average Bonchev–Trinajstić information content (AvgIpc) is 2.78. The molecular formula is C11H10F6N2O3. The maximum atomic E-state index is 12.7. The summed E-state index contributed by atoms with van der Waals surface area (Å²) in [4.78, 5) is 21.2. The molecule has 0 atom stereocenters. The van der Waals surface area contributed by atoms with E-state index in [9.17, 15) is 41.3 Å². The van der Waals surface area contributed by atoms with Crippen molar-refractivity contribution in [2.75, 3.05) is 0 Å². The Labute approximate surface area is 119 Å². The second kappa shape index (κ2) is 6.36. The number of carbonyl (C=O) groups excluding carboxylic acids is 1. The number of carbonyl (C=O) groups is 1. The lowest BCUT2D eigenvalue weighted by atomic mass is 10.1. The number of hydrogen-bond donors (Lipinski definition) is 0. The molecule has 0 amide bonds. The van der Waals surface area contributed by atoms with Gasteiger partial charge in [0.15, 0.2) is 12.5 Å². The van der Waals surface area contributed by atoms with Crippen LogP contribution in [0.1, 0.15) is 18.5 Å². The Morgan fingerprint density at radius 3 is 2.27 bits per heavy atom. The van der Waals surface area contributed by atoms with Gasteiger partial charge in [-0.2, -0.15) is 22.0 Å². The summed E-state index contributed by atoms with van der Waals surface area (Å²) in [6, 6.07) is 1.93. The standard InChI is InChI=1S/C11H10F6N2O3/c12-5-7-1-2-9(19(21)22)18(7)6-8(20)3-4-10(13,14)11(15,16)17/h1-2H,3-6H2. The molecule has 0 aliphatic carbocycles. The van der Waals surface area contributed by atoms with Crippen LogP contribution in [0.3, 0.4) is 0 Å². The number of rotatable bonds is 7. The fourth-order valence-electron chi connectivity index (χ4n) is 1.65. The van der Waals surface area contributed by atoms with Gasteiger partial charge in [-0.15, -0.1) is 0 Å². The molecule has 11 heteroatoms. The highest BCUT2D eigenvalue weighted by Gasteiger charge is 2.56. The fraction of sp³-hybridized carbons (Fsp3) is 0.545. The molecule has 0 aromatic carbocycles. The molecule has 0 bridgehead atoms. The maximum absolute atomic E-state index is 12.7. The number of Topliss-reactive ketones (excluding diaryl/α,β-unsaturated/α-hetero) is 1. The van der Waals surface area contributed by atoms with Crippen LogP contribution >= 0.6 is 0 Å². The van der Waals surface area contributed by atoms with E-state index in [1.807, 2.05) is 0 Å². The molecule has 0 unspecified atom stereocenters. The predicted molar refractivity (Wildman–Crippen MR) is 61.1 cm³/mol. The molecule has 0 saturated heterocycles. The van der Waals surface area contributed by atoms with Crippen LogP contribution < -0.4 is 0 Å².